The molecule has 4 rings (SSSR count). The number of ether oxygens (including phenoxy) is 2. The number of hydrogen-bond acceptors (Lipinski definition) is 8. The van der Waals surface area contributed by atoms with Crippen molar-refractivity contribution in [2.24, 2.45) is 0 Å². The summed E-state index contributed by atoms with van der Waals surface area (Å²) in [7, 11) is 3.06. The second kappa shape index (κ2) is 14.1. The van der Waals surface area contributed by atoms with E-state index in [-0.39, 0.29) is 17.4 Å². The van der Waals surface area contributed by atoms with Gasteiger partial charge < -0.3 is 25.4 Å². The van der Waals surface area contributed by atoms with Gasteiger partial charge in [0.1, 0.15) is 17.2 Å². The third kappa shape index (κ3) is 8.44. The van der Waals surface area contributed by atoms with E-state index in [0.717, 1.165) is 10.6 Å². The van der Waals surface area contributed by atoms with Crippen LogP contribution in [0.5, 0.6) is 11.5 Å². The number of benzene rings is 3. The molecular weight excluding hydrogens is 560 g/mol. The van der Waals surface area contributed by atoms with E-state index < -0.39 is 11.8 Å². The highest BCUT2D eigenvalue weighted by Gasteiger charge is 2.17. The maximum absolute atomic E-state index is 13.5. The summed E-state index contributed by atoms with van der Waals surface area (Å²) in [5.41, 5.74) is 2.33. The van der Waals surface area contributed by atoms with Crippen LogP contribution in [0.15, 0.2) is 88.8 Å². The number of thiazole rings is 1. The Labute approximate surface area is 246 Å². The first kappa shape index (κ1) is 29.4. The van der Waals surface area contributed by atoms with Crippen LogP contribution in [0.4, 0.5) is 10.8 Å². The van der Waals surface area contributed by atoms with Gasteiger partial charge in [-0.2, -0.15) is 0 Å². The molecule has 0 unspecified atom stereocenters. The molecule has 4 aromatic rings. The molecule has 0 atom stereocenters. The molecule has 0 saturated heterocycles. The fourth-order valence-electron chi connectivity index (χ4n) is 3.61. The van der Waals surface area contributed by atoms with Crippen LogP contribution in [0.2, 0.25) is 0 Å². The predicted molar refractivity (Wildman–Crippen MR) is 163 cm³/mol. The lowest BCUT2D eigenvalue weighted by molar-refractivity contribution is -0.114. The Hall–Kier alpha value is -4.61. The number of hydrogen-bond donors (Lipinski definition) is 3. The summed E-state index contributed by atoms with van der Waals surface area (Å²) in [5.74, 6) is 0.0692. The van der Waals surface area contributed by atoms with Crippen LogP contribution in [-0.4, -0.2) is 42.7 Å². The molecular formula is C30H28N4O5S2. The fraction of sp³-hybridized carbons (Fsp3) is 0.133. The average Bonchev–Trinajstić information content (AvgIpc) is 3.40. The lowest BCUT2D eigenvalue weighted by atomic mass is 10.1. The maximum Gasteiger partial charge on any atom is 0.272 e. The Bertz CT molecular complexity index is 1570. The highest BCUT2D eigenvalue weighted by Crippen LogP contribution is 2.27. The molecule has 0 fully saturated rings. The third-order valence-electron chi connectivity index (χ3n) is 5.60. The average molecular weight is 589 g/mol. The minimum absolute atomic E-state index is 0.0125. The van der Waals surface area contributed by atoms with Gasteiger partial charge >= 0.3 is 0 Å². The van der Waals surface area contributed by atoms with Crippen molar-refractivity contribution in [1.29, 1.82) is 0 Å². The third-order valence-corrected chi connectivity index (χ3v) is 7.47. The van der Waals surface area contributed by atoms with Crippen molar-refractivity contribution in [1.82, 2.24) is 10.3 Å². The molecule has 1 heterocycles. The standard InChI is InChI=1S/C30H28N4O5S2/c1-19-17-41-30(31-19)34-27(35)18-40-24-11-7-10-22(15-24)32-29(37)25(33-28(36)20-8-5-4-6-9-20)14-21-12-13-23(38-2)16-26(21)39-3/h4-17H,18H2,1-3H3,(H,32,37)(H,33,36)(H,31,34,35)/b25-14+. The number of aryl methyl sites for hydroxylation is 1. The van der Waals surface area contributed by atoms with Crippen LogP contribution in [0.3, 0.4) is 0 Å². The number of aromatic nitrogens is 1. The molecule has 3 N–H and O–H groups in total. The van der Waals surface area contributed by atoms with Crippen LogP contribution < -0.4 is 25.4 Å². The van der Waals surface area contributed by atoms with E-state index in [4.69, 9.17) is 9.47 Å². The summed E-state index contributed by atoms with van der Waals surface area (Å²) >= 11 is 2.69. The second-order valence-corrected chi connectivity index (χ2v) is 10.5. The molecule has 11 heteroatoms. The van der Waals surface area contributed by atoms with Crippen LogP contribution in [-0.2, 0) is 9.59 Å². The van der Waals surface area contributed by atoms with Crippen LogP contribution >= 0.6 is 23.1 Å². The molecule has 0 bridgehead atoms. The van der Waals surface area contributed by atoms with Crippen molar-refractivity contribution in [3.8, 4) is 11.5 Å². The van der Waals surface area contributed by atoms with E-state index >= 15 is 0 Å². The molecule has 0 saturated carbocycles. The number of methoxy groups -OCH3 is 2. The quantitative estimate of drug-likeness (QED) is 0.154. The zero-order valence-corrected chi connectivity index (χ0v) is 24.2. The molecule has 0 spiro atoms. The van der Waals surface area contributed by atoms with E-state index in [9.17, 15) is 14.4 Å². The molecule has 210 valence electrons. The van der Waals surface area contributed by atoms with Crippen LogP contribution in [0.1, 0.15) is 21.6 Å². The van der Waals surface area contributed by atoms with Gasteiger partial charge in [-0.3, -0.25) is 14.4 Å². The van der Waals surface area contributed by atoms with Gasteiger partial charge in [0.25, 0.3) is 11.8 Å². The molecule has 0 aliphatic heterocycles. The number of amides is 3. The molecule has 9 nitrogen and oxygen atoms in total. The highest BCUT2D eigenvalue weighted by atomic mass is 32.2. The van der Waals surface area contributed by atoms with Gasteiger partial charge in [-0.15, -0.1) is 23.1 Å². The van der Waals surface area contributed by atoms with Gasteiger partial charge in [-0.05, 0) is 55.5 Å². The van der Waals surface area contributed by atoms with Gasteiger partial charge in [-0.1, -0.05) is 24.3 Å². The van der Waals surface area contributed by atoms with Crippen molar-refractivity contribution in [3.05, 3.63) is 101 Å². The summed E-state index contributed by atoms with van der Waals surface area (Å²) in [5, 5.41) is 10.8. The first-order valence-corrected chi connectivity index (χ1v) is 14.3. The summed E-state index contributed by atoms with van der Waals surface area (Å²) in [6.07, 6.45) is 1.54. The Balaban J connectivity index is 1.51. The molecule has 0 radical (unpaired) electrons. The van der Waals surface area contributed by atoms with E-state index in [0.29, 0.717) is 33.4 Å². The number of rotatable bonds is 11. The molecule has 1 aromatic heterocycles. The first-order chi connectivity index (χ1) is 19.8. The summed E-state index contributed by atoms with van der Waals surface area (Å²) < 4.78 is 10.7. The molecule has 0 aliphatic rings. The Kier molecular flexibility index (Phi) is 10.1. The number of carbonyl (C=O) groups is 3. The SMILES string of the molecule is COc1ccc(/C=C(/NC(=O)c2ccccc2)C(=O)Nc2cccc(SCC(=O)Nc3nc(C)cs3)c2)c(OC)c1. The van der Waals surface area contributed by atoms with Gasteiger partial charge in [0.15, 0.2) is 5.13 Å². The molecule has 3 amide bonds. The van der Waals surface area contributed by atoms with Crippen molar-refractivity contribution >= 4 is 57.7 Å². The molecule has 0 aliphatic carbocycles. The summed E-state index contributed by atoms with van der Waals surface area (Å²) in [6.45, 7) is 1.86. The fourth-order valence-corrected chi connectivity index (χ4v) is 5.07. The van der Waals surface area contributed by atoms with E-state index in [1.165, 1.54) is 36.3 Å². The summed E-state index contributed by atoms with van der Waals surface area (Å²) in [4.78, 5) is 43.8. The predicted octanol–water partition coefficient (Wildman–Crippen LogP) is 5.61. The minimum Gasteiger partial charge on any atom is -0.497 e. The monoisotopic (exact) mass is 588 g/mol. The van der Waals surface area contributed by atoms with Gasteiger partial charge in [0, 0.05) is 33.2 Å². The number of anilines is 2. The largest absolute Gasteiger partial charge is 0.497 e. The maximum atomic E-state index is 13.5. The van der Waals surface area contributed by atoms with Crippen molar-refractivity contribution in [2.75, 3.05) is 30.6 Å². The van der Waals surface area contributed by atoms with Gasteiger partial charge in [-0.25, -0.2) is 4.98 Å². The van der Waals surface area contributed by atoms with E-state index in [1.807, 2.05) is 18.4 Å². The Morgan fingerprint density at radius 2 is 1.76 bits per heavy atom. The van der Waals surface area contributed by atoms with Crippen LogP contribution in [0, 0.1) is 6.92 Å². The second-order valence-electron chi connectivity index (χ2n) is 8.60. The minimum atomic E-state index is -0.536. The highest BCUT2D eigenvalue weighted by molar-refractivity contribution is 8.00. The van der Waals surface area contributed by atoms with Crippen molar-refractivity contribution in [2.45, 2.75) is 11.8 Å². The lowest BCUT2D eigenvalue weighted by Crippen LogP contribution is -2.30. The molecule has 3 aromatic carbocycles. The number of thioether (sulfide) groups is 1. The van der Waals surface area contributed by atoms with E-state index in [1.54, 1.807) is 73.8 Å². The van der Waals surface area contributed by atoms with Gasteiger partial charge in [0.2, 0.25) is 5.91 Å². The topological polar surface area (TPSA) is 119 Å². The molecule has 41 heavy (non-hydrogen) atoms. The summed E-state index contributed by atoms with van der Waals surface area (Å²) in [6, 6.07) is 20.9. The van der Waals surface area contributed by atoms with Gasteiger partial charge in [0.05, 0.1) is 25.7 Å². The Morgan fingerprint density at radius 1 is 0.951 bits per heavy atom. The number of nitrogens with zero attached hydrogens (tertiary/aromatic N) is 1. The van der Waals surface area contributed by atoms with Crippen molar-refractivity contribution < 1.29 is 23.9 Å². The van der Waals surface area contributed by atoms with E-state index in [2.05, 4.69) is 20.9 Å². The zero-order valence-electron chi connectivity index (χ0n) is 22.6. The van der Waals surface area contributed by atoms with Crippen molar-refractivity contribution in [3.63, 3.8) is 0 Å². The lowest BCUT2D eigenvalue weighted by Gasteiger charge is -2.13. The first-order valence-electron chi connectivity index (χ1n) is 12.4. The normalized spacial score (nSPS) is 11.0. The number of nitrogens with one attached hydrogen (secondary N) is 3. The Morgan fingerprint density at radius 3 is 2.46 bits per heavy atom. The van der Waals surface area contributed by atoms with Crippen LogP contribution in [0.25, 0.3) is 6.08 Å². The number of carbonyl (C=O) groups excluding carboxylic acids is 3. The zero-order chi connectivity index (χ0) is 29.2. The smallest absolute Gasteiger partial charge is 0.272 e.